The van der Waals surface area contributed by atoms with Crippen LogP contribution in [-0.2, 0) is 19.0 Å². The van der Waals surface area contributed by atoms with Crippen LogP contribution in [0.1, 0.15) is 0 Å². The van der Waals surface area contributed by atoms with Gasteiger partial charge in [0.25, 0.3) is 0 Å². The van der Waals surface area contributed by atoms with Crippen molar-refractivity contribution in [2.24, 2.45) is 0 Å². The highest BCUT2D eigenvalue weighted by Gasteiger charge is 2.35. The molecule has 1 heterocycles. The summed E-state index contributed by atoms with van der Waals surface area (Å²) >= 11 is 0. The van der Waals surface area contributed by atoms with E-state index < -0.39 is 10.3 Å². The second-order valence-electron chi connectivity index (χ2n) is 2.15. The first-order chi connectivity index (χ1) is 5.58. The smallest absolute Gasteiger partial charge is 0.341 e. The summed E-state index contributed by atoms with van der Waals surface area (Å²) in [6.45, 7) is 0.533. The molecular weight excluding hydrogens is 239 g/mol. The predicted octanol–water partition coefficient (Wildman–Crippen LogP) is 0.122. The highest BCUT2D eigenvalue weighted by atomic mass is 32.2. The van der Waals surface area contributed by atoms with Crippen LogP contribution in [0.15, 0.2) is 0 Å². The lowest BCUT2D eigenvalue weighted by molar-refractivity contribution is 0.256. The van der Waals surface area contributed by atoms with E-state index in [0.717, 1.165) is 4.08 Å². The normalized spacial score (nSPS) is 30.3. The Morgan fingerprint density at radius 1 is 1.75 bits per heavy atom. The topological polar surface area (TPSA) is 55.8 Å². The van der Waals surface area contributed by atoms with Crippen molar-refractivity contribution in [3.63, 3.8) is 0 Å². The summed E-state index contributed by atoms with van der Waals surface area (Å²) in [5.41, 5.74) is 0. The first-order valence-corrected chi connectivity index (χ1v) is 7.68. The Labute approximate surface area is 78.0 Å². The molecule has 0 aromatic carbocycles. The van der Waals surface area contributed by atoms with Crippen LogP contribution < -0.4 is 0 Å². The van der Waals surface area contributed by atoms with Crippen molar-refractivity contribution in [3.05, 3.63) is 0 Å². The molecule has 5 nitrogen and oxygen atoms in total. The summed E-state index contributed by atoms with van der Waals surface area (Å²) in [5, 5.41) is 0. The van der Waals surface area contributed by atoms with Gasteiger partial charge in [-0.05, 0) is 9.39 Å². The number of hydrogen-bond donors (Lipinski definition) is 0. The summed E-state index contributed by atoms with van der Waals surface area (Å²) in [6, 6.07) is -0.215. The van der Waals surface area contributed by atoms with E-state index in [1.54, 1.807) is 0 Å². The number of hydrogen-bond acceptors (Lipinski definition) is 4. The Bertz CT molecular complexity index is 244. The molecule has 0 radical (unpaired) electrons. The molecule has 0 spiro atoms. The van der Waals surface area contributed by atoms with Crippen LogP contribution in [0, 0.1) is 0 Å². The van der Waals surface area contributed by atoms with Crippen LogP contribution >= 0.6 is 26.8 Å². The SMILES string of the molecule is O=S1(=O)OCC(COPP)N1P. The molecule has 4 atom stereocenters. The first-order valence-electron chi connectivity index (χ1n) is 3.09. The number of rotatable bonds is 3. The quantitative estimate of drug-likeness (QED) is 0.667. The van der Waals surface area contributed by atoms with Gasteiger partial charge in [0.05, 0.1) is 19.3 Å². The van der Waals surface area contributed by atoms with E-state index in [1.165, 1.54) is 0 Å². The summed E-state index contributed by atoms with van der Waals surface area (Å²) in [6.07, 6.45) is 0. The Morgan fingerprint density at radius 2 is 2.42 bits per heavy atom. The van der Waals surface area contributed by atoms with E-state index >= 15 is 0 Å². The van der Waals surface area contributed by atoms with Crippen LogP contribution in [0.2, 0.25) is 0 Å². The highest BCUT2D eigenvalue weighted by molar-refractivity contribution is 8.00. The molecule has 12 heavy (non-hydrogen) atoms. The number of nitrogens with zero attached hydrogens (tertiary/aromatic N) is 1. The van der Waals surface area contributed by atoms with Crippen molar-refractivity contribution >= 4 is 37.1 Å². The van der Waals surface area contributed by atoms with Gasteiger partial charge in [-0.1, -0.05) is 8.93 Å². The van der Waals surface area contributed by atoms with Gasteiger partial charge in [-0.2, -0.15) is 12.5 Å². The van der Waals surface area contributed by atoms with Gasteiger partial charge in [0.2, 0.25) is 0 Å². The van der Waals surface area contributed by atoms with Gasteiger partial charge in [0, 0.05) is 8.50 Å². The van der Waals surface area contributed by atoms with Crippen molar-refractivity contribution < 1.29 is 17.1 Å². The van der Waals surface area contributed by atoms with Crippen LogP contribution in [0.3, 0.4) is 0 Å². The molecule has 0 aliphatic carbocycles. The molecule has 4 unspecified atom stereocenters. The standard InChI is InChI=1S/C3H10NO4P3S/c5-12(6)4(9)3(2-8-12)1-7-11-10/h3,11H,1-2,9-10H2. The summed E-state index contributed by atoms with van der Waals surface area (Å²) < 4.78 is 32.7. The molecule has 9 heteroatoms. The van der Waals surface area contributed by atoms with Gasteiger partial charge in [-0.25, -0.2) is 0 Å². The minimum atomic E-state index is -3.49. The Balaban J connectivity index is 2.50. The maximum atomic E-state index is 11.0. The lowest BCUT2D eigenvalue weighted by Crippen LogP contribution is -2.28. The molecule has 0 N–H and O–H groups in total. The molecule has 1 rings (SSSR count). The largest absolute Gasteiger partial charge is 0.357 e. The van der Waals surface area contributed by atoms with Crippen molar-refractivity contribution in [2.75, 3.05) is 13.2 Å². The van der Waals surface area contributed by atoms with E-state index in [2.05, 4.69) is 22.5 Å². The Hall–Kier alpha value is 1.12. The zero-order chi connectivity index (χ0) is 9.19. The second kappa shape index (κ2) is 4.56. The highest BCUT2D eigenvalue weighted by Crippen LogP contribution is 2.27. The molecular formula is C3H10NO4P3S. The molecule has 1 saturated heterocycles. The fourth-order valence-corrected chi connectivity index (χ4v) is 2.62. The zero-order valence-corrected chi connectivity index (χ0v) is 10.3. The Kier molecular flexibility index (Phi) is 4.26. The van der Waals surface area contributed by atoms with Crippen molar-refractivity contribution in [3.8, 4) is 0 Å². The van der Waals surface area contributed by atoms with E-state index in [-0.39, 0.29) is 21.1 Å². The van der Waals surface area contributed by atoms with E-state index in [9.17, 15) is 8.42 Å². The van der Waals surface area contributed by atoms with Crippen LogP contribution in [-0.4, -0.2) is 31.7 Å². The maximum Gasteiger partial charge on any atom is 0.341 e. The van der Waals surface area contributed by atoms with Crippen molar-refractivity contribution in [2.45, 2.75) is 6.04 Å². The molecule has 0 aromatic rings. The molecule has 1 aliphatic heterocycles. The molecule has 1 fully saturated rings. The van der Waals surface area contributed by atoms with Crippen LogP contribution in [0.25, 0.3) is 0 Å². The predicted molar refractivity (Wildman–Crippen MR) is 54.2 cm³/mol. The third-order valence-electron chi connectivity index (χ3n) is 1.39. The van der Waals surface area contributed by atoms with E-state index in [1.807, 2.05) is 0 Å². The van der Waals surface area contributed by atoms with Gasteiger partial charge in [-0.15, -0.1) is 0 Å². The van der Waals surface area contributed by atoms with Gasteiger partial charge in [-0.3, -0.25) is 4.18 Å². The third-order valence-corrected chi connectivity index (χ3v) is 4.66. The molecule has 1 aliphatic rings. The Morgan fingerprint density at radius 3 is 2.83 bits per heavy atom. The summed E-state index contributed by atoms with van der Waals surface area (Å²) in [5.74, 6) is 0. The molecule has 0 amide bonds. The van der Waals surface area contributed by atoms with Crippen molar-refractivity contribution in [1.29, 1.82) is 0 Å². The first kappa shape index (κ1) is 11.2. The molecule has 0 bridgehead atoms. The molecule has 0 aromatic heterocycles. The maximum absolute atomic E-state index is 11.0. The second-order valence-corrected chi connectivity index (χ2v) is 5.83. The van der Waals surface area contributed by atoms with Crippen molar-refractivity contribution in [1.82, 2.24) is 4.08 Å². The summed E-state index contributed by atoms with van der Waals surface area (Å²) in [7, 11) is 1.33. The fraction of sp³-hybridized carbons (Fsp3) is 1.00. The van der Waals surface area contributed by atoms with Gasteiger partial charge in [0.15, 0.2) is 0 Å². The lowest BCUT2D eigenvalue weighted by atomic mass is 10.4. The third kappa shape index (κ3) is 2.55. The molecule has 72 valence electrons. The van der Waals surface area contributed by atoms with Gasteiger partial charge in [0.1, 0.15) is 0 Å². The zero-order valence-electron chi connectivity index (χ0n) is 6.13. The van der Waals surface area contributed by atoms with Gasteiger partial charge >= 0.3 is 10.3 Å². The minimum absolute atomic E-state index is 0.168. The van der Waals surface area contributed by atoms with Gasteiger partial charge < -0.3 is 4.52 Å². The monoisotopic (exact) mass is 249 g/mol. The van der Waals surface area contributed by atoms with Crippen LogP contribution in [0.4, 0.5) is 0 Å². The van der Waals surface area contributed by atoms with E-state index in [0.29, 0.717) is 6.61 Å². The lowest BCUT2D eigenvalue weighted by Gasteiger charge is -2.13. The average Bonchev–Trinajstić information content (AvgIpc) is 2.26. The minimum Gasteiger partial charge on any atom is -0.357 e. The van der Waals surface area contributed by atoms with Crippen LogP contribution in [0.5, 0.6) is 0 Å². The van der Waals surface area contributed by atoms with E-state index in [4.69, 9.17) is 4.52 Å². The fourth-order valence-electron chi connectivity index (χ4n) is 0.747. The summed E-state index contributed by atoms with van der Waals surface area (Å²) in [4.78, 5) is 0. The average molecular weight is 249 g/mol. The molecule has 0 saturated carbocycles.